The Hall–Kier alpha value is -4.66. The fourth-order valence-electron chi connectivity index (χ4n) is 3.53. The predicted octanol–water partition coefficient (Wildman–Crippen LogP) is 5.03. The van der Waals surface area contributed by atoms with Crippen molar-refractivity contribution in [3.05, 3.63) is 94.2 Å². The molecule has 0 fully saturated rings. The Kier molecular flexibility index (Phi) is 6.26. The minimum atomic E-state index is -0.481. The number of hydrogen-bond donors (Lipinski definition) is 1. The van der Waals surface area contributed by atoms with Gasteiger partial charge in [0.15, 0.2) is 0 Å². The molecule has 0 aliphatic carbocycles. The van der Waals surface area contributed by atoms with Gasteiger partial charge in [0, 0.05) is 29.1 Å². The van der Waals surface area contributed by atoms with E-state index >= 15 is 0 Å². The lowest BCUT2D eigenvalue weighted by Crippen LogP contribution is -2.12. The number of carbonyl (C=O) groups excluding carboxylic acids is 1. The zero-order valence-corrected chi connectivity index (χ0v) is 18.8. The fourth-order valence-corrected chi connectivity index (χ4v) is 3.53. The van der Waals surface area contributed by atoms with E-state index in [9.17, 15) is 14.9 Å². The van der Waals surface area contributed by atoms with Crippen molar-refractivity contribution in [2.45, 2.75) is 6.92 Å². The highest BCUT2D eigenvalue weighted by Gasteiger charge is 2.23. The van der Waals surface area contributed by atoms with E-state index in [2.05, 4.69) is 10.4 Å². The first kappa shape index (κ1) is 22.5. The number of nitrogens with zero attached hydrogens (tertiary/aromatic N) is 3. The van der Waals surface area contributed by atoms with Gasteiger partial charge in [-0.25, -0.2) is 4.68 Å². The van der Waals surface area contributed by atoms with E-state index in [1.807, 2.05) is 30.3 Å². The monoisotopic (exact) mass is 458 g/mol. The molecule has 4 rings (SSSR count). The summed E-state index contributed by atoms with van der Waals surface area (Å²) in [6.07, 6.45) is 1.61. The van der Waals surface area contributed by atoms with Crippen molar-refractivity contribution in [1.82, 2.24) is 9.78 Å². The van der Waals surface area contributed by atoms with Gasteiger partial charge >= 0.3 is 0 Å². The number of ether oxygens (including phenoxy) is 2. The number of anilines is 1. The Balaban J connectivity index is 1.82. The number of carbonyl (C=O) groups is 1. The fraction of sp³-hybridized carbons (Fsp3) is 0.120. The van der Waals surface area contributed by atoms with Crippen LogP contribution in [-0.4, -0.2) is 34.8 Å². The molecule has 4 aromatic rings. The summed E-state index contributed by atoms with van der Waals surface area (Å²) in [5.74, 6) is 0.616. The molecule has 0 saturated heterocycles. The van der Waals surface area contributed by atoms with Gasteiger partial charge in [0.1, 0.15) is 17.2 Å². The van der Waals surface area contributed by atoms with Gasteiger partial charge in [0.2, 0.25) is 0 Å². The smallest absolute Gasteiger partial charge is 0.274 e. The quantitative estimate of drug-likeness (QED) is 0.307. The molecule has 0 bridgehead atoms. The maximum atomic E-state index is 13.4. The molecule has 3 aromatic carbocycles. The van der Waals surface area contributed by atoms with E-state index in [0.29, 0.717) is 34.0 Å². The van der Waals surface area contributed by atoms with Gasteiger partial charge in [-0.15, -0.1) is 0 Å². The highest BCUT2D eigenvalue weighted by Crippen LogP contribution is 2.35. The molecule has 9 nitrogen and oxygen atoms in total. The van der Waals surface area contributed by atoms with Crippen LogP contribution in [0.25, 0.3) is 16.9 Å². The van der Waals surface area contributed by atoms with Crippen LogP contribution < -0.4 is 14.8 Å². The first-order valence-corrected chi connectivity index (χ1v) is 10.3. The van der Waals surface area contributed by atoms with Crippen LogP contribution >= 0.6 is 0 Å². The van der Waals surface area contributed by atoms with E-state index < -0.39 is 10.8 Å². The highest BCUT2D eigenvalue weighted by atomic mass is 16.6. The first-order valence-electron chi connectivity index (χ1n) is 10.3. The molecule has 1 aromatic heterocycles. The van der Waals surface area contributed by atoms with Crippen LogP contribution in [0.1, 0.15) is 15.9 Å². The van der Waals surface area contributed by atoms with Gasteiger partial charge in [-0.3, -0.25) is 14.9 Å². The lowest BCUT2D eigenvalue weighted by atomic mass is 10.1. The number of para-hydroxylation sites is 1. The average molecular weight is 458 g/mol. The average Bonchev–Trinajstić information content (AvgIpc) is 3.30. The molecule has 172 valence electrons. The third-order valence-electron chi connectivity index (χ3n) is 5.31. The van der Waals surface area contributed by atoms with Crippen molar-refractivity contribution in [2.75, 3.05) is 19.5 Å². The second-order valence-corrected chi connectivity index (χ2v) is 7.45. The van der Waals surface area contributed by atoms with Crippen LogP contribution in [0.4, 0.5) is 11.4 Å². The van der Waals surface area contributed by atoms with Crippen molar-refractivity contribution in [3.8, 4) is 28.4 Å². The standard InChI is InChI=1S/C25H22N4O5/c1-16-9-10-17(13-22(16)29(31)32)26-25(30)21-15-28(18-7-5-4-6-8-18)27-24(21)20-14-19(33-2)11-12-23(20)34-3/h4-15H,1-3H3,(H,26,30). The van der Waals surface area contributed by atoms with Gasteiger partial charge < -0.3 is 14.8 Å². The van der Waals surface area contributed by atoms with Gasteiger partial charge in [0.25, 0.3) is 11.6 Å². The predicted molar refractivity (Wildman–Crippen MR) is 128 cm³/mol. The summed E-state index contributed by atoms with van der Waals surface area (Å²) in [5, 5.41) is 18.7. The second kappa shape index (κ2) is 9.45. The Bertz CT molecular complexity index is 1370. The first-order chi connectivity index (χ1) is 16.4. The third-order valence-corrected chi connectivity index (χ3v) is 5.31. The van der Waals surface area contributed by atoms with Crippen molar-refractivity contribution in [2.24, 2.45) is 0 Å². The van der Waals surface area contributed by atoms with Crippen molar-refractivity contribution < 1.29 is 19.2 Å². The van der Waals surface area contributed by atoms with E-state index in [-0.39, 0.29) is 11.3 Å². The third kappa shape index (κ3) is 4.44. The zero-order chi connectivity index (χ0) is 24.2. The number of benzene rings is 3. The number of aromatic nitrogens is 2. The van der Waals surface area contributed by atoms with Crippen molar-refractivity contribution in [3.63, 3.8) is 0 Å². The number of methoxy groups -OCH3 is 2. The number of rotatable bonds is 7. The van der Waals surface area contributed by atoms with Gasteiger partial charge in [0.05, 0.1) is 30.4 Å². The van der Waals surface area contributed by atoms with Crippen LogP contribution in [0.5, 0.6) is 11.5 Å². The number of nitrogens with one attached hydrogen (secondary N) is 1. The topological polar surface area (TPSA) is 109 Å². The molecule has 1 heterocycles. The lowest BCUT2D eigenvalue weighted by molar-refractivity contribution is -0.385. The molecule has 0 spiro atoms. The Morgan fingerprint density at radius 1 is 1.03 bits per heavy atom. The maximum absolute atomic E-state index is 13.4. The summed E-state index contributed by atoms with van der Waals surface area (Å²) in [6, 6.07) is 19.1. The summed E-state index contributed by atoms with van der Waals surface area (Å²) in [7, 11) is 3.08. The largest absolute Gasteiger partial charge is 0.497 e. The summed E-state index contributed by atoms with van der Waals surface area (Å²) < 4.78 is 12.5. The molecule has 34 heavy (non-hydrogen) atoms. The summed E-state index contributed by atoms with van der Waals surface area (Å²) >= 11 is 0. The molecule has 0 unspecified atom stereocenters. The number of aryl methyl sites for hydroxylation is 1. The summed E-state index contributed by atoms with van der Waals surface area (Å²) in [4.78, 5) is 24.2. The van der Waals surface area contributed by atoms with Gasteiger partial charge in [-0.2, -0.15) is 5.10 Å². The molecule has 0 radical (unpaired) electrons. The minimum Gasteiger partial charge on any atom is -0.497 e. The van der Waals surface area contributed by atoms with E-state index in [4.69, 9.17) is 9.47 Å². The van der Waals surface area contributed by atoms with Crippen molar-refractivity contribution in [1.29, 1.82) is 0 Å². The molecule has 9 heteroatoms. The summed E-state index contributed by atoms with van der Waals surface area (Å²) in [6.45, 7) is 1.64. The molecular weight excluding hydrogens is 436 g/mol. The normalized spacial score (nSPS) is 10.6. The molecule has 1 amide bonds. The van der Waals surface area contributed by atoms with Crippen molar-refractivity contribution >= 4 is 17.3 Å². The molecule has 0 saturated carbocycles. The molecular formula is C25H22N4O5. The van der Waals surface area contributed by atoms with Crippen LogP contribution in [0.2, 0.25) is 0 Å². The van der Waals surface area contributed by atoms with Crippen LogP contribution in [-0.2, 0) is 0 Å². The van der Waals surface area contributed by atoms with Crippen LogP contribution in [0, 0.1) is 17.0 Å². The van der Waals surface area contributed by atoms with E-state index in [0.717, 1.165) is 5.69 Å². The number of hydrogen-bond acceptors (Lipinski definition) is 6. The molecule has 0 atom stereocenters. The maximum Gasteiger partial charge on any atom is 0.274 e. The van der Waals surface area contributed by atoms with Crippen LogP contribution in [0.15, 0.2) is 72.9 Å². The minimum absolute atomic E-state index is 0.0764. The van der Waals surface area contributed by atoms with E-state index in [1.165, 1.54) is 13.2 Å². The zero-order valence-electron chi connectivity index (χ0n) is 18.8. The highest BCUT2D eigenvalue weighted by molar-refractivity contribution is 6.08. The SMILES string of the molecule is COc1ccc(OC)c(-c2nn(-c3ccccc3)cc2C(=O)Nc2ccc(C)c([N+](=O)[O-])c2)c1. The second-order valence-electron chi connectivity index (χ2n) is 7.45. The Morgan fingerprint density at radius 3 is 2.47 bits per heavy atom. The van der Waals surface area contributed by atoms with E-state index in [1.54, 1.807) is 55.2 Å². The lowest BCUT2D eigenvalue weighted by Gasteiger charge is -2.11. The number of nitro groups is 1. The number of amides is 1. The Labute approximate surface area is 195 Å². The summed E-state index contributed by atoms with van der Waals surface area (Å²) in [5.41, 5.74) is 2.69. The molecule has 0 aliphatic rings. The molecule has 1 N–H and O–H groups in total. The molecule has 0 aliphatic heterocycles. The van der Waals surface area contributed by atoms with Crippen LogP contribution in [0.3, 0.4) is 0 Å². The van der Waals surface area contributed by atoms with Gasteiger partial charge in [-0.1, -0.05) is 24.3 Å². The Morgan fingerprint density at radius 2 is 1.79 bits per heavy atom. The number of nitro benzene ring substituents is 1. The van der Waals surface area contributed by atoms with Gasteiger partial charge in [-0.05, 0) is 43.3 Å².